The lowest BCUT2D eigenvalue weighted by Crippen LogP contribution is -2.48. The Labute approximate surface area is 121 Å². The van der Waals surface area contributed by atoms with Gasteiger partial charge in [-0.2, -0.15) is 0 Å². The van der Waals surface area contributed by atoms with Crippen molar-refractivity contribution < 1.29 is 27.5 Å². The summed E-state index contributed by atoms with van der Waals surface area (Å²) in [6, 6.07) is 0.547. The Hall–Kier alpha value is 0.267. The van der Waals surface area contributed by atoms with Gasteiger partial charge in [-0.15, -0.1) is 11.6 Å². The van der Waals surface area contributed by atoms with E-state index in [-0.39, 0.29) is 0 Å². The van der Waals surface area contributed by atoms with Gasteiger partial charge in [0.2, 0.25) is 0 Å². The van der Waals surface area contributed by atoms with Crippen molar-refractivity contribution in [2.24, 2.45) is 0 Å². The molecule has 19 heavy (non-hydrogen) atoms. The maximum absolute atomic E-state index is 5.83. The summed E-state index contributed by atoms with van der Waals surface area (Å²) in [6.07, 6.45) is 0. The number of alkyl halides is 1. The first-order chi connectivity index (χ1) is 9.24. The van der Waals surface area contributed by atoms with Crippen LogP contribution in [0.3, 0.4) is 0 Å². The minimum absolute atomic E-state index is 0.416. The number of hydrogen-bond donors (Lipinski definition) is 0. The first-order valence-corrected chi connectivity index (χ1v) is 8.66. The lowest BCUT2D eigenvalue weighted by Gasteiger charge is -2.29. The topological polar surface area (TPSA) is 55.4 Å². The second-order valence-electron chi connectivity index (χ2n) is 3.65. The van der Waals surface area contributed by atoms with E-state index in [1.165, 1.54) is 0 Å². The maximum Gasteiger partial charge on any atom is 0.502 e. The van der Waals surface area contributed by atoms with Gasteiger partial charge in [0, 0.05) is 33.3 Å². The van der Waals surface area contributed by atoms with Crippen LogP contribution in [0.25, 0.3) is 0 Å². The molecule has 0 aliphatic rings. The normalized spacial score (nSPS) is 12.0. The van der Waals surface area contributed by atoms with Crippen molar-refractivity contribution in [2.75, 3.05) is 66.9 Å². The monoisotopic (exact) mass is 316 g/mol. The van der Waals surface area contributed by atoms with Crippen molar-refractivity contribution >= 4 is 20.4 Å². The van der Waals surface area contributed by atoms with E-state index in [2.05, 4.69) is 0 Å². The summed E-state index contributed by atoms with van der Waals surface area (Å²) in [7, 11) is 2.07. The fourth-order valence-electron chi connectivity index (χ4n) is 1.30. The molecule has 0 aromatic rings. The third kappa shape index (κ3) is 9.75. The van der Waals surface area contributed by atoms with Crippen LogP contribution >= 0.6 is 11.6 Å². The third-order valence-electron chi connectivity index (χ3n) is 2.23. The highest BCUT2D eigenvalue weighted by Crippen LogP contribution is 2.17. The van der Waals surface area contributed by atoms with Gasteiger partial charge < -0.3 is 27.5 Å². The highest BCUT2D eigenvalue weighted by atomic mass is 35.5. The van der Waals surface area contributed by atoms with Crippen LogP contribution < -0.4 is 0 Å². The van der Waals surface area contributed by atoms with E-state index in [1.54, 1.807) is 21.3 Å². The Kier molecular flexibility index (Phi) is 13.4. The van der Waals surface area contributed by atoms with E-state index < -0.39 is 8.80 Å². The summed E-state index contributed by atoms with van der Waals surface area (Å²) in [5, 5.41) is 0. The predicted octanol–water partition coefficient (Wildman–Crippen LogP) is 1.15. The van der Waals surface area contributed by atoms with Gasteiger partial charge in [-0.05, 0) is 0 Å². The van der Waals surface area contributed by atoms with Crippen LogP contribution in [0.1, 0.15) is 0 Å². The zero-order valence-corrected chi connectivity index (χ0v) is 13.7. The molecule has 0 bridgehead atoms. The molecule has 0 atom stereocenters. The molecule has 0 aliphatic heterocycles. The lowest BCUT2D eigenvalue weighted by molar-refractivity contribution is 0.0155. The molecule has 0 radical (unpaired) electrons. The highest BCUT2D eigenvalue weighted by Gasteiger charge is 2.40. The van der Waals surface area contributed by atoms with Crippen LogP contribution in [0.15, 0.2) is 0 Å². The van der Waals surface area contributed by atoms with Crippen molar-refractivity contribution in [3.63, 3.8) is 0 Å². The van der Waals surface area contributed by atoms with E-state index >= 15 is 0 Å². The van der Waals surface area contributed by atoms with Crippen molar-refractivity contribution in [3.05, 3.63) is 0 Å². The molecule has 116 valence electrons. The van der Waals surface area contributed by atoms with Crippen molar-refractivity contribution in [1.29, 1.82) is 0 Å². The Morgan fingerprint density at radius 2 is 1.05 bits per heavy atom. The van der Waals surface area contributed by atoms with E-state index in [0.29, 0.717) is 51.6 Å². The Morgan fingerprint density at radius 3 is 1.32 bits per heavy atom. The van der Waals surface area contributed by atoms with Gasteiger partial charge in [0.15, 0.2) is 0 Å². The summed E-state index contributed by atoms with van der Waals surface area (Å²) in [5.74, 6) is 0.416. The summed E-state index contributed by atoms with van der Waals surface area (Å²) in [4.78, 5) is 0. The lowest BCUT2D eigenvalue weighted by atomic mass is 10.8. The summed E-state index contributed by atoms with van der Waals surface area (Å²) in [5.41, 5.74) is 0. The molecule has 0 rings (SSSR count). The Morgan fingerprint density at radius 1 is 0.684 bits per heavy atom. The smallest absolute Gasteiger partial charge is 0.382 e. The minimum Gasteiger partial charge on any atom is -0.382 e. The fourth-order valence-corrected chi connectivity index (χ4v) is 4.09. The first kappa shape index (κ1) is 19.3. The molecule has 0 unspecified atom stereocenters. The molecular weight excluding hydrogens is 292 g/mol. The van der Waals surface area contributed by atoms with Crippen LogP contribution in [0.5, 0.6) is 0 Å². The number of hydrogen-bond acceptors (Lipinski definition) is 6. The van der Waals surface area contributed by atoms with E-state index in [1.807, 2.05) is 0 Å². The van der Waals surface area contributed by atoms with Gasteiger partial charge in [-0.25, -0.2) is 0 Å². The molecule has 6 nitrogen and oxygen atoms in total. The highest BCUT2D eigenvalue weighted by molar-refractivity contribution is 6.61. The second kappa shape index (κ2) is 13.3. The molecule has 0 amide bonds. The van der Waals surface area contributed by atoms with Gasteiger partial charge in [-0.3, -0.25) is 0 Å². The summed E-state index contributed by atoms with van der Waals surface area (Å²) >= 11 is 5.83. The van der Waals surface area contributed by atoms with Gasteiger partial charge in [0.05, 0.1) is 39.6 Å². The fraction of sp³-hybridized carbons (Fsp3) is 1.00. The molecule has 0 saturated carbocycles. The number of methoxy groups -OCH3 is 3. The predicted molar refractivity (Wildman–Crippen MR) is 74.8 cm³/mol. The second-order valence-corrected chi connectivity index (χ2v) is 6.76. The van der Waals surface area contributed by atoms with Crippen LogP contribution in [0.4, 0.5) is 0 Å². The molecule has 0 N–H and O–H groups in total. The molecule has 0 aromatic heterocycles. The van der Waals surface area contributed by atoms with Gasteiger partial charge in [0.1, 0.15) is 0 Å². The first-order valence-electron chi connectivity index (χ1n) is 6.19. The van der Waals surface area contributed by atoms with Gasteiger partial charge in [-0.1, -0.05) is 0 Å². The molecule has 0 saturated heterocycles. The largest absolute Gasteiger partial charge is 0.502 e. The Balaban J connectivity index is 4.37. The molecule has 0 fully saturated rings. The van der Waals surface area contributed by atoms with E-state index in [4.69, 9.17) is 39.1 Å². The number of rotatable bonds is 14. The standard InChI is InChI=1S/C11H25ClO6Si/c1-13-5-8-16-19(11-4-12,17-9-6-14-2)18-10-7-15-3/h4-11H2,1-3H3. The average molecular weight is 317 g/mol. The zero-order valence-electron chi connectivity index (χ0n) is 12.0. The van der Waals surface area contributed by atoms with E-state index in [0.717, 1.165) is 0 Å². The van der Waals surface area contributed by atoms with E-state index in [9.17, 15) is 0 Å². The third-order valence-corrected chi connectivity index (χ3v) is 5.53. The quantitative estimate of drug-likeness (QED) is 0.272. The number of ether oxygens (including phenoxy) is 3. The minimum atomic E-state index is -2.78. The number of halogens is 1. The molecule has 8 heteroatoms. The van der Waals surface area contributed by atoms with Crippen LogP contribution in [0, 0.1) is 0 Å². The summed E-state index contributed by atoms with van der Waals surface area (Å²) in [6.45, 7) is 2.70. The van der Waals surface area contributed by atoms with Gasteiger partial charge in [0.25, 0.3) is 0 Å². The molecule has 0 spiro atoms. The SMILES string of the molecule is COCCO[Si](CCCl)(OCCOC)OCCOC. The Bertz CT molecular complexity index is 171. The maximum atomic E-state index is 5.83. The van der Waals surface area contributed by atoms with Crippen LogP contribution in [0.2, 0.25) is 6.04 Å². The summed E-state index contributed by atoms with van der Waals surface area (Å²) < 4.78 is 32.2. The molecule has 0 aliphatic carbocycles. The van der Waals surface area contributed by atoms with Crippen molar-refractivity contribution in [3.8, 4) is 0 Å². The molecule has 0 aromatic carbocycles. The molecular formula is C11H25ClO6Si. The van der Waals surface area contributed by atoms with Crippen molar-refractivity contribution in [1.82, 2.24) is 0 Å². The van der Waals surface area contributed by atoms with Crippen molar-refractivity contribution in [2.45, 2.75) is 6.04 Å². The zero-order chi connectivity index (χ0) is 14.4. The van der Waals surface area contributed by atoms with Crippen LogP contribution in [-0.2, 0) is 27.5 Å². The molecule has 0 heterocycles. The van der Waals surface area contributed by atoms with Gasteiger partial charge >= 0.3 is 8.80 Å². The van der Waals surface area contributed by atoms with Crippen LogP contribution in [-0.4, -0.2) is 75.7 Å². The average Bonchev–Trinajstić information content (AvgIpc) is 2.40.